The van der Waals surface area contributed by atoms with Crippen LogP contribution in [-0.2, 0) is 20.1 Å². The second kappa shape index (κ2) is 6.85. The van der Waals surface area contributed by atoms with Gasteiger partial charge >= 0.3 is 0 Å². The molecular weight excluding hydrogens is 314 g/mol. The largest absolute Gasteiger partial charge is 0.394 e. The zero-order chi connectivity index (χ0) is 16.2. The van der Waals surface area contributed by atoms with E-state index < -0.39 is 0 Å². The van der Waals surface area contributed by atoms with Crippen LogP contribution in [0.5, 0.6) is 0 Å². The maximum atomic E-state index is 8.93. The maximum absolute atomic E-state index is 8.93. The molecule has 0 aliphatic heterocycles. The van der Waals surface area contributed by atoms with Crippen molar-refractivity contribution >= 4 is 17.3 Å². The van der Waals surface area contributed by atoms with Crippen molar-refractivity contribution in [1.29, 1.82) is 0 Å². The number of aliphatic hydroxyl groups excluding tert-OH is 1. The molecule has 0 unspecified atom stereocenters. The van der Waals surface area contributed by atoms with Crippen molar-refractivity contribution < 1.29 is 5.11 Å². The van der Waals surface area contributed by atoms with E-state index in [0.29, 0.717) is 18.2 Å². The third-order valence-corrected chi connectivity index (χ3v) is 4.02. The Balaban J connectivity index is 1.82. The summed E-state index contributed by atoms with van der Waals surface area (Å²) in [7, 11) is 1.83. The molecule has 0 aliphatic carbocycles. The van der Waals surface area contributed by atoms with Crippen molar-refractivity contribution in [2.24, 2.45) is 7.05 Å². The van der Waals surface area contributed by atoms with Crippen molar-refractivity contribution in [2.45, 2.75) is 13.1 Å². The lowest BCUT2D eigenvalue weighted by Gasteiger charge is -2.05. The molecule has 0 saturated carbocycles. The van der Waals surface area contributed by atoms with E-state index in [2.05, 4.69) is 15.5 Å². The van der Waals surface area contributed by atoms with Gasteiger partial charge in [0.25, 0.3) is 0 Å². The van der Waals surface area contributed by atoms with E-state index in [9.17, 15) is 0 Å². The zero-order valence-corrected chi connectivity index (χ0v) is 13.5. The average Bonchev–Trinajstić information content (AvgIpc) is 3.12. The van der Waals surface area contributed by atoms with Gasteiger partial charge in [0.2, 0.25) is 0 Å². The Bertz CT molecular complexity index is 781. The van der Waals surface area contributed by atoms with E-state index in [-0.39, 0.29) is 6.61 Å². The lowest BCUT2D eigenvalue weighted by atomic mass is 10.1. The molecule has 0 atom stereocenters. The number of aromatic nitrogens is 4. The number of benzene rings is 1. The molecule has 0 fully saturated rings. The summed E-state index contributed by atoms with van der Waals surface area (Å²) >= 11 is 6.39. The molecule has 0 saturated heterocycles. The van der Waals surface area contributed by atoms with Gasteiger partial charge in [0.05, 0.1) is 30.7 Å². The van der Waals surface area contributed by atoms with Gasteiger partial charge in [0.1, 0.15) is 5.15 Å². The standard InChI is InChI=1S/C16H18ClN5O/c1-21-16(17)14(15(20-21)12-5-3-2-4-6-12)10-18-13-9-19-22(11-13)7-8-23/h2-6,9,11,18,23H,7-8,10H2,1H3. The number of rotatable bonds is 6. The van der Waals surface area contributed by atoms with Gasteiger partial charge in [-0.15, -0.1) is 0 Å². The zero-order valence-electron chi connectivity index (χ0n) is 12.8. The fraction of sp³-hybridized carbons (Fsp3) is 0.250. The van der Waals surface area contributed by atoms with Gasteiger partial charge in [-0.25, -0.2) is 0 Å². The maximum Gasteiger partial charge on any atom is 0.132 e. The van der Waals surface area contributed by atoms with Crippen LogP contribution in [0, 0.1) is 0 Å². The Morgan fingerprint density at radius 1 is 1.26 bits per heavy atom. The Labute approximate surface area is 139 Å². The van der Waals surface area contributed by atoms with E-state index in [1.165, 1.54) is 0 Å². The summed E-state index contributed by atoms with van der Waals surface area (Å²) in [6.45, 7) is 1.08. The monoisotopic (exact) mass is 331 g/mol. The van der Waals surface area contributed by atoms with Gasteiger partial charge in [-0.1, -0.05) is 41.9 Å². The van der Waals surface area contributed by atoms with Gasteiger partial charge in [-0.05, 0) is 0 Å². The molecule has 0 spiro atoms. The number of aliphatic hydroxyl groups is 1. The molecule has 6 nitrogen and oxygen atoms in total. The number of anilines is 1. The Kier molecular flexibility index (Phi) is 4.64. The summed E-state index contributed by atoms with van der Waals surface area (Å²) in [6.07, 6.45) is 3.57. The highest BCUT2D eigenvalue weighted by Gasteiger charge is 2.16. The van der Waals surface area contributed by atoms with Gasteiger partial charge in [0.15, 0.2) is 0 Å². The molecule has 0 aliphatic rings. The minimum absolute atomic E-state index is 0.0632. The minimum Gasteiger partial charge on any atom is -0.394 e. The second-order valence-electron chi connectivity index (χ2n) is 5.18. The lowest BCUT2D eigenvalue weighted by Crippen LogP contribution is -2.02. The predicted molar refractivity (Wildman–Crippen MR) is 90.3 cm³/mol. The molecule has 0 amide bonds. The molecule has 2 N–H and O–H groups in total. The number of nitrogens with one attached hydrogen (secondary N) is 1. The molecule has 3 rings (SSSR count). The van der Waals surface area contributed by atoms with Crippen molar-refractivity contribution in [2.75, 3.05) is 11.9 Å². The van der Waals surface area contributed by atoms with Gasteiger partial charge in [-0.3, -0.25) is 9.36 Å². The number of hydrogen-bond acceptors (Lipinski definition) is 4. The number of aryl methyl sites for hydroxylation is 1. The third-order valence-electron chi connectivity index (χ3n) is 3.55. The molecule has 120 valence electrons. The van der Waals surface area contributed by atoms with Crippen LogP contribution in [-0.4, -0.2) is 31.3 Å². The fourth-order valence-electron chi connectivity index (χ4n) is 2.40. The number of halogens is 1. The van der Waals surface area contributed by atoms with E-state index in [1.807, 2.05) is 43.6 Å². The quantitative estimate of drug-likeness (QED) is 0.728. The van der Waals surface area contributed by atoms with Crippen LogP contribution in [0.25, 0.3) is 11.3 Å². The van der Waals surface area contributed by atoms with Crippen LogP contribution in [0.15, 0.2) is 42.7 Å². The number of nitrogens with zero attached hydrogens (tertiary/aromatic N) is 4. The summed E-state index contributed by atoms with van der Waals surface area (Å²) in [5.74, 6) is 0. The van der Waals surface area contributed by atoms with Crippen molar-refractivity contribution in [3.05, 3.63) is 53.4 Å². The van der Waals surface area contributed by atoms with Gasteiger partial charge in [-0.2, -0.15) is 10.2 Å². The first kappa shape index (κ1) is 15.6. The normalized spacial score (nSPS) is 10.9. The molecule has 3 aromatic rings. The first-order valence-corrected chi connectivity index (χ1v) is 7.71. The molecule has 1 aromatic carbocycles. The summed E-state index contributed by atoms with van der Waals surface area (Å²) < 4.78 is 3.36. The number of hydrogen-bond donors (Lipinski definition) is 2. The molecule has 23 heavy (non-hydrogen) atoms. The van der Waals surface area contributed by atoms with Crippen LogP contribution in [0.2, 0.25) is 5.15 Å². The first-order valence-electron chi connectivity index (χ1n) is 7.33. The Hall–Kier alpha value is -2.31. The van der Waals surface area contributed by atoms with Gasteiger partial charge in [0, 0.05) is 30.9 Å². The molecule has 7 heteroatoms. The SMILES string of the molecule is Cn1nc(-c2ccccc2)c(CNc2cnn(CCO)c2)c1Cl. The third kappa shape index (κ3) is 3.38. The van der Waals surface area contributed by atoms with Gasteiger partial charge < -0.3 is 10.4 Å². The van der Waals surface area contributed by atoms with Crippen molar-refractivity contribution in [1.82, 2.24) is 19.6 Å². The van der Waals surface area contributed by atoms with Crippen LogP contribution in [0.3, 0.4) is 0 Å². The fourth-order valence-corrected chi connectivity index (χ4v) is 2.60. The molecule has 0 bridgehead atoms. The highest BCUT2D eigenvalue weighted by atomic mass is 35.5. The predicted octanol–water partition coefficient (Wildman–Crippen LogP) is 2.54. The Morgan fingerprint density at radius 2 is 2.04 bits per heavy atom. The second-order valence-corrected chi connectivity index (χ2v) is 5.53. The topological polar surface area (TPSA) is 67.9 Å². The summed E-state index contributed by atoms with van der Waals surface area (Å²) in [4.78, 5) is 0. The lowest BCUT2D eigenvalue weighted by molar-refractivity contribution is 0.269. The van der Waals surface area contributed by atoms with Crippen LogP contribution in [0.4, 0.5) is 5.69 Å². The van der Waals surface area contributed by atoms with E-state index in [4.69, 9.17) is 16.7 Å². The van der Waals surface area contributed by atoms with E-state index >= 15 is 0 Å². The highest BCUT2D eigenvalue weighted by molar-refractivity contribution is 6.30. The Morgan fingerprint density at radius 3 is 2.78 bits per heavy atom. The average molecular weight is 332 g/mol. The van der Waals surface area contributed by atoms with Crippen LogP contribution in [0.1, 0.15) is 5.56 Å². The first-order chi connectivity index (χ1) is 11.2. The summed E-state index contributed by atoms with van der Waals surface area (Å²) in [5, 5.41) is 21.5. The van der Waals surface area contributed by atoms with Crippen molar-refractivity contribution in [3.8, 4) is 11.3 Å². The van der Waals surface area contributed by atoms with Crippen LogP contribution < -0.4 is 5.32 Å². The van der Waals surface area contributed by atoms with E-state index in [0.717, 1.165) is 22.5 Å². The summed E-state index contributed by atoms with van der Waals surface area (Å²) in [5.41, 5.74) is 3.71. The van der Waals surface area contributed by atoms with Crippen LogP contribution >= 0.6 is 11.6 Å². The molecular formula is C16H18ClN5O. The van der Waals surface area contributed by atoms with Crippen molar-refractivity contribution in [3.63, 3.8) is 0 Å². The minimum atomic E-state index is 0.0632. The summed E-state index contributed by atoms with van der Waals surface area (Å²) in [6, 6.07) is 9.96. The molecule has 2 heterocycles. The highest BCUT2D eigenvalue weighted by Crippen LogP contribution is 2.28. The van der Waals surface area contributed by atoms with E-state index in [1.54, 1.807) is 15.6 Å². The molecule has 2 aromatic heterocycles. The molecule has 0 radical (unpaired) electrons. The smallest absolute Gasteiger partial charge is 0.132 e.